The molecule has 0 bridgehead atoms. The van der Waals surface area contributed by atoms with Gasteiger partial charge in [-0.3, -0.25) is 0 Å². The highest BCUT2D eigenvalue weighted by atomic mass is 32.1. The molecule has 0 aliphatic rings. The highest BCUT2D eigenvalue weighted by Gasteiger charge is 2.23. The van der Waals surface area contributed by atoms with Crippen LogP contribution >= 0.6 is 12.2 Å². The van der Waals surface area contributed by atoms with Gasteiger partial charge in [0.2, 0.25) is 0 Å². The first-order valence-corrected chi connectivity index (χ1v) is 7.11. The summed E-state index contributed by atoms with van der Waals surface area (Å²) < 4.78 is 0. The second-order valence-electron chi connectivity index (χ2n) is 5.76. The Kier molecular flexibility index (Phi) is 5.33. The lowest BCUT2D eigenvalue weighted by molar-refractivity contribution is 0.460. The van der Waals surface area contributed by atoms with E-state index in [2.05, 4.69) is 64.0 Å². The van der Waals surface area contributed by atoms with E-state index in [1.165, 1.54) is 24.1 Å². The molecule has 2 heteroatoms. The number of hydrogen-bond donors (Lipinski definition) is 0. The van der Waals surface area contributed by atoms with E-state index in [9.17, 15) is 0 Å². The number of benzene rings is 1. The molecule has 18 heavy (non-hydrogen) atoms. The average Bonchev–Trinajstić information content (AvgIpc) is 2.35. The summed E-state index contributed by atoms with van der Waals surface area (Å²) in [6.45, 7) is 6.74. The third-order valence-electron chi connectivity index (χ3n) is 3.42. The molecule has 1 rings (SSSR count). The van der Waals surface area contributed by atoms with Gasteiger partial charge < -0.3 is 4.90 Å². The minimum atomic E-state index is 0.116. The summed E-state index contributed by atoms with van der Waals surface area (Å²) in [6, 6.07) is 8.56. The van der Waals surface area contributed by atoms with Gasteiger partial charge in [-0.05, 0) is 24.1 Å². The Morgan fingerprint density at radius 1 is 1.17 bits per heavy atom. The minimum Gasteiger partial charge on any atom is -0.378 e. The highest BCUT2D eigenvalue weighted by molar-refractivity contribution is 7.81. The zero-order chi connectivity index (χ0) is 13.8. The molecular formula is C16H25NS. The molecule has 0 spiro atoms. The molecule has 0 amide bonds. The third-order valence-corrected chi connectivity index (χ3v) is 4.20. The summed E-state index contributed by atoms with van der Waals surface area (Å²) in [6.07, 6.45) is 3.63. The van der Waals surface area contributed by atoms with Crippen molar-refractivity contribution in [2.45, 2.75) is 40.0 Å². The standard InChI is InChI=1S/C16H25NS/c1-6-7-12-16(2,3)15(18)13-8-10-14(11-9-13)17(4)5/h8-11H,6-7,12H2,1-5H3. The van der Waals surface area contributed by atoms with Gasteiger partial charge in [0.1, 0.15) is 0 Å². The Morgan fingerprint density at radius 3 is 2.17 bits per heavy atom. The molecular weight excluding hydrogens is 238 g/mol. The van der Waals surface area contributed by atoms with Crippen molar-refractivity contribution in [1.82, 2.24) is 0 Å². The molecule has 0 saturated carbocycles. The minimum absolute atomic E-state index is 0.116. The molecule has 0 unspecified atom stereocenters. The van der Waals surface area contributed by atoms with Crippen LogP contribution < -0.4 is 4.90 Å². The normalized spacial score (nSPS) is 11.4. The van der Waals surface area contributed by atoms with E-state index in [1.807, 2.05) is 0 Å². The number of unbranched alkanes of at least 4 members (excludes halogenated alkanes) is 1. The van der Waals surface area contributed by atoms with Gasteiger partial charge in [-0.25, -0.2) is 0 Å². The van der Waals surface area contributed by atoms with E-state index < -0.39 is 0 Å². The lowest BCUT2D eigenvalue weighted by Crippen LogP contribution is -2.23. The summed E-state index contributed by atoms with van der Waals surface area (Å²) in [5.74, 6) is 0. The Hall–Kier alpha value is -0.890. The van der Waals surface area contributed by atoms with E-state index in [1.54, 1.807) is 0 Å². The van der Waals surface area contributed by atoms with Crippen molar-refractivity contribution >= 4 is 22.8 Å². The molecule has 0 aromatic heterocycles. The molecule has 1 aromatic rings. The lowest BCUT2D eigenvalue weighted by atomic mass is 9.81. The predicted molar refractivity (Wildman–Crippen MR) is 85.8 cm³/mol. The average molecular weight is 263 g/mol. The summed E-state index contributed by atoms with van der Waals surface area (Å²) in [7, 11) is 4.11. The summed E-state index contributed by atoms with van der Waals surface area (Å²) >= 11 is 5.67. The molecule has 1 nitrogen and oxygen atoms in total. The number of rotatable bonds is 6. The Bertz CT molecular complexity index is 390. The fraction of sp³-hybridized carbons (Fsp3) is 0.562. The van der Waals surface area contributed by atoms with Gasteiger partial charge >= 0.3 is 0 Å². The van der Waals surface area contributed by atoms with Crippen molar-refractivity contribution in [2.75, 3.05) is 19.0 Å². The second-order valence-corrected chi connectivity index (χ2v) is 6.17. The first kappa shape index (κ1) is 15.2. The predicted octanol–water partition coefficient (Wildman–Crippen LogP) is 4.69. The van der Waals surface area contributed by atoms with Crippen molar-refractivity contribution in [3.05, 3.63) is 29.8 Å². The van der Waals surface area contributed by atoms with Crippen LogP contribution in [0.4, 0.5) is 5.69 Å². The van der Waals surface area contributed by atoms with Gasteiger partial charge in [0.25, 0.3) is 0 Å². The molecule has 1 aromatic carbocycles. The fourth-order valence-electron chi connectivity index (χ4n) is 2.03. The van der Waals surface area contributed by atoms with Gasteiger partial charge in [0.15, 0.2) is 0 Å². The maximum atomic E-state index is 5.67. The van der Waals surface area contributed by atoms with Gasteiger partial charge in [0.05, 0.1) is 0 Å². The molecule has 0 saturated heterocycles. The van der Waals surface area contributed by atoms with Crippen LogP contribution in [0.15, 0.2) is 24.3 Å². The Morgan fingerprint density at radius 2 is 1.72 bits per heavy atom. The molecule has 0 atom stereocenters. The van der Waals surface area contributed by atoms with Crippen LogP contribution in [0.1, 0.15) is 45.6 Å². The van der Waals surface area contributed by atoms with Crippen LogP contribution in [-0.4, -0.2) is 19.0 Å². The zero-order valence-corrected chi connectivity index (χ0v) is 13.1. The van der Waals surface area contributed by atoms with Crippen LogP contribution in [0, 0.1) is 5.41 Å². The summed E-state index contributed by atoms with van der Waals surface area (Å²) in [5, 5.41) is 0. The summed E-state index contributed by atoms with van der Waals surface area (Å²) in [5.41, 5.74) is 2.52. The van der Waals surface area contributed by atoms with E-state index >= 15 is 0 Å². The first-order chi connectivity index (χ1) is 8.38. The van der Waals surface area contributed by atoms with Crippen molar-refractivity contribution in [3.63, 3.8) is 0 Å². The van der Waals surface area contributed by atoms with E-state index in [4.69, 9.17) is 12.2 Å². The quantitative estimate of drug-likeness (QED) is 0.541. The lowest BCUT2D eigenvalue weighted by Gasteiger charge is -2.26. The molecule has 0 heterocycles. The molecule has 0 N–H and O–H groups in total. The Labute approximate surface area is 117 Å². The van der Waals surface area contributed by atoms with Crippen molar-refractivity contribution < 1.29 is 0 Å². The number of nitrogens with zero attached hydrogens (tertiary/aromatic N) is 1. The number of hydrogen-bond acceptors (Lipinski definition) is 2. The van der Waals surface area contributed by atoms with E-state index in [0.717, 1.165) is 11.3 Å². The number of thiocarbonyl (C=S) groups is 1. The van der Waals surface area contributed by atoms with Crippen LogP contribution in [0.2, 0.25) is 0 Å². The fourth-order valence-corrected chi connectivity index (χ4v) is 2.27. The SMILES string of the molecule is CCCCC(C)(C)C(=S)c1ccc(N(C)C)cc1. The Balaban J connectivity index is 2.83. The van der Waals surface area contributed by atoms with Gasteiger partial charge in [-0.2, -0.15) is 0 Å². The molecule has 0 aliphatic heterocycles. The second kappa shape index (κ2) is 6.33. The summed E-state index contributed by atoms with van der Waals surface area (Å²) in [4.78, 5) is 3.19. The maximum absolute atomic E-state index is 5.67. The third kappa shape index (κ3) is 3.81. The molecule has 0 fully saturated rings. The van der Waals surface area contributed by atoms with Gasteiger partial charge in [-0.1, -0.05) is 58.0 Å². The maximum Gasteiger partial charge on any atom is 0.0361 e. The zero-order valence-electron chi connectivity index (χ0n) is 12.3. The number of anilines is 1. The smallest absolute Gasteiger partial charge is 0.0361 e. The van der Waals surface area contributed by atoms with Crippen LogP contribution in [-0.2, 0) is 0 Å². The van der Waals surface area contributed by atoms with Gasteiger partial charge in [-0.15, -0.1) is 0 Å². The monoisotopic (exact) mass is 263 g/mol. The largest absolute Gasteiger partial charge is 0.378 e. The molecule has 0 aliphatic carbocycles. The van der Waals surface area contributed by atoms with E-state index in [-0.39, 0.29) is 5.41 Å². The van der Waals surface area contributed by atoms with Crippen molar-refractivity contribution in [2.24, 2.45) is 5.41 Å². The van der Waals surface area contributed by atoms with Crippen molar-refractivity contribution in [1.29, 1.82) is 0 Å². The van der Waals surface area contributed by atoms with Crippen LogP contribution in [0.25, 0.3) is 0 Å². The topological polar surface area (TPSA) is 3.24 Å². The van der Waals surface area contributed by atoms with Crippen LogP contribution in [0.5, 0.6) is 0 Å². The molecule has 0 radical (unpaired) electrons. The molecule has 100 valence electrons. The van der Waals surface area contributed by atoms with E-state index in [0.29, 0.717) is 0 Å². The highest BCUT2D eigenvalue weighted by Crippen LogP contribution is 2.29. The van der Waals surface area contributed by atoms with Crippen LogP contribution in [0.3, 0.4) is 0 Å². The van der Waals surface area contributed by atoms with Crippen molar-refractivity contribution in [3.8, 4) is 0 Å². The first-order valence-electron chi connectivity index (χ1n) is 6.70. The van der Waals surface area contributed by atoms with Gasteiger partial charge in [0, 0.05) is 30.1 Å².